The Balaban J connectivity index is 0.00000128. The number of hydrogen-bond acceptors (Lipinski definition) is 3. The summed E-state index contributed by atoms with van der Waals surface area (Å²) in [5, 5.41) is 2.97. The molecule has 4 nitrogen and oxygen atoms in total. The molecule has 1 amide bonds. The van der Waals surface area contributed by atoms with Gasteiger partial charge in [-0.15, -0.1) is 12.4 Å². The topological polar surface area (TPSA) is 64.4 Å². The van der Waals surface area contributed by atoms with E-state index in [0.717, 1.165) is 19.4 Å². The van der Waals surface area contributed by atoms with Crippen LogP contribution in [0.25, 0.3) is 0 Å². The van der Waals surface area contributed by atoms with Crippen molar-refractivity contribution in [3.05, 3.63) is 0 Å². The summed E-state index contributed by atoms with van der Waals surface area (Å²) in [6.45, 7) is 3.51. The number of nitrogens with one attached hydrogen (secondary N) is 1. The van der Waals surface area contributed by atoms with Crippen molar-refractivity contribution in [1.29, 1.82) is 0 Å². The second kappa shape index (κ2) is 5.34. The summed E-state index contributed by atoms with van der Waals surface area (Å²) in [6, 6.07) is 0. The average Bonchev–Trinajstić information content (AvgIpc) is 2.81. The highest BCUT2D eigenvalue weighted by Gasteiger charge is 2.38. The number of rotatable bonds is 4. The van der Waals surface area contributed by atoms with E-state index in [9.17, 15) is 4.79 Å². The van der Waals surface area contributed by atoms with Crippen LogP contribution in [0.4, 0.5) is 0 Å². The highest BCUT2D eigenvalue weighted by molar-refractivity contribution is 5.85. The van der Waals surface area contributed by atoms with Crippen molar-refractivity contribution in [1.82, 2.24) is 5.32 Å². The molecule has 0 radical (unpaired) electrons. The molecule has 0 aromatic rings. The van der Waals surface area contributed by atoms with Crippen molar-refractivity contribution in [2.75, 3.05) is 13.1 Å². The maximum absolute atomic E-state index is 11.7. The Morgan fingerprint density at radius 1 is 1.50 bits per heavy atom. The molecule has 1 aliphatic carbocycles. The molecule has 0 unspecified atom stereocenters. The zero-order chi connectivity index (χ0) is 10.9. The van der Waals surface area contributed by atoms with Crippen LogP contribution < -0.4 is 11.1 Å². The number of nitrogens with two attached hydrogens (primary N) is 1. The van der Waals surface area contributed by atoms with Crippen molar-refractivity contribution in [3.8, 4) is 0 Å². The Morgan fingerprint density at radius 2 is 2.19 bits per heavy atom. The molecular formula is C11H21ClN2O2. The van der Waals surface area contributed by atoms with E-state index in [0.29, 0.717) is 12.0 Å². The Kier molecular flexibility index (Phi) is 4.59. The fraction of sp³-hybridized carbons (Fsp3) is 0.909. The fourth-order valence-corrected chi connectivity index (χ4v) is 1.88. The third-order valence-corrected chi connectivity index (χ3v) is 3.46. The number of carbonyl (C=O) groups excluding carboxylic acids is 1. The van der Waals surface area contributed by atoms with Crippen LogP contribution in [-0.2, 0) is 9.53 Å². The Bertz CT molecular complexity index is 256. The van der Waals surface area contributed by atoms with Crippen LogP contribution in [0.2, 0.25) is 0 Å². The monoisotopic (exact) mass is 248 g/mol. The third kappa shape index (κ3) is 3.34. The van der Waals surface area contributed by atoms with Gasteiger partial charge in [-0.3, -0.25) is 4.79 Å². The maximum atomic E-state index is 11.7. The number of halogens is 1. The second-order valence-corrected chi connectivity index (χ2v) is 5.09. The second-order valence-electron chi connectivity index (χ2n) is 5.09. The van der Waals surface area contributed by atoms with E-state index in [1.54, 1.807) is 0 Å². The van der Waals surface area contributed by atoms with Crippen LogP contribution in [-0.4, -0.2) is 31.2 Å². The molecule has 2 atom stereocenters. The first kappa shape index (κ1) is 13.7. The molecule has 0 aromatic carbocycles. The van der Waals surface area contributed by atoms with Gasteiger partial charge in [0.15, 0.2) is 0 Å². The highest BCUT2D eigenvalue weighted by Crippen LogP contribution is 2.44. The molecule has 2 aliphatic rings. The van der Waals surface area contributed by atoms with Crippen molar-refractivity contribution in [2.45, 2.75) is 44.8 Å². The first-order valence-electron chi connectivity index (χ1n) is 5.76. The number of ether oxygens (including phenoxy) is 1. The molecule has 1 aliphatic heterocycles. The summed E-state index contributed by atoms with van der Waals surface area (Å²) in [7, 11) is 0. The van der Waals surface area contributed by atoms with E-state index >= 15 is 0 Å². The fourth-order valence-electron chi connectivity index (χ4n) is 1.88. The minimum atomic E-state index is -0.263. The van der Waals surface area contributed by atoms with Gasteiger partial charge >= 0.3 is 0 Å². The van der Waals surface area contributed by atoms with Crippen LogP contribution >= 0.6 is 12.4 Å². The average molecular weight is 249 g/mol. The van der Waals surface area contributed by atoms with Crippen molar-refractivity contribution >= 4 is 18.3 Å². The molecule has 0 spiro atoms. The first-order valence-corrected chi connectivity index (χ1v) is 5.76. The molecule has 94 valence electrons. The van der Waals surface area contributed by atoms with E-state index in [-0.39, 0.29) is 30.5 Å². The molecule has 2 rings (SSSR count). The van der Waals surface area contributed by atoms with Crippen LogP contribution in [0.1, 0.15) is 32.6 Å². The van der Waals surface area contributed by atoms with E-state index < -0.39 is 0 Å². The van der Waals surface area contributed by atoms with Gasteiger partial charge in [-0.05, 0) is 31.1 Å². The molecular weight excluding hydrogens is 228 g/mol. The molecule has 1 saturated heterocycles. The summed E-state index contributed by atoms with van der Waals surface area (Å²) in [6.07, 6.45) is 3.99. The van der Waals surface area contributed by atoms with Crippen LogP contribution in [0.3, 0.4) is 0 Å². The predicted octanol–water partition coefficient (Wildman–Crippen LogP) is 0.831. The van der Waals surface area contributed by atoms with Gasteiger partial charge in [0.1, 0.15) is 6.10 Å². The summed E-state index contributed by atoms with van der Waals surface area (Å²) in [5.41, 5.74) is 5.86. The Morgan fingerprint density at radius 3 is 2.69 bits per heavy atom. The molecule has 3 N–H and O–H groups in total. The van der Waals surface area contributed by atoms with Crippen molar-refractivity contribution < 1.29 is 9.53 Å². The van der Waals surface area contributed by atoms with Crippen LogP contribution in [0.15, 0.2) is 0 Å². The Hall–Kier alpha value is -0.320. The Labute approximate surface area is 103 Å². The minimum absolute atomic E-state index is 0. The summed E-state index contributed by atoms with van der Waals surface area (Å²) >= 11 is 0. The van der Waals surface area contributed by atoms with Gasteiger partial charge in [-0.25, -0.2) is 0 Å². The minimum Gasteiger partial charge on any atom is -0.364 e. The smallest absolute Gasteiger partial charge is 0.249 e. The molecule has 0 aromatic heterocycles. The van der Waals surface area contributed by atoms with Gasteiger partial charge in [0.2, 0.25) is 5.91 Å². The number of hydrogen-bond donors (Lipinski definition) is 2. The van der Waals surface area contributed by atoms with Crippen molar-refractivity contribution in [3.63, 3.8) is 0 Å². The largest absolute Gasteiger partial charge is 0.364 e. The lowest BCUT2D eigenvalue weighted by atomic mass is 10.1. The van der Waals surface area contributed by atoms with Gasteiger partial charge in [0, 0.05) is 13.1 Å². The van der Waals surface area contributed by atoms with E-state index in [4.69, 9.17) is 10.5 Å². The summed E-state index contributed by atoms with van der Waals surface area (Å²) < 4.78 is 5.52. The standard InChI is InChI=1S/C11H20N2O2.ClH/c1-11(4-5-11)7-13-10(14)9-3-2-8(6-12)15-9;/h8-9H,2-7,12H2,1H3,(H,13,14);1H/t8-,9+;/m1./s1. The zero-order valence-electron chi connectivity index (χ0n) is 9.70. The zero-order valence-corrected chi connectivity index (χ0v) is 10.5. The van der Waals surface area contributed by atoms with Gasteiger partial charge in [0.05, 0.1) is 6.10 Å². The molecule has 16 heavy (non-hydrogen) atoms. The van der Waals surface area contributed by atoms with Gasteiger partial charge in [-0.2, -0.15) is 0 Å². The summed E-state index contributed by atoms with van der Waals surface area (Å²) in [4.78, 5) is 11.7. The molecule has 5 heteroatoms. The van der Waals surface area contributed by atoms with Crippen LogP contribution in [0.5, 0.6) is 0 Å². The lowest BCUT2D eigenvalue weighted by Crippen LogP contribution is -2.38. The van der Waals surface area contributed by atoms with E-state index in [2.05, 4.69) is 12.2 Å². The number of amides is 1. The molecule has 1 saturated carbocycles. The SMILES string of the molecule is CC1(CNC(=O)[C@@H]2CC[C@H](CN)O2)CC1.Cl. The lowest BCUT2D eigenvalue weighted by molar-refractivity contribution is -0.132. The normalized spacial score (nSPS) is 30.6. The van der Waals surface area contributed by atoms with Gasteiger partial charge < -0.3 is 15.8 Å². The van der Waals surface area contributed by atoms with Gasteiger partial charge in [0.25, 0.3) is 0 Å². The molecule has 1 heterocycles. The number of carbonyl (C=O) groups is 1. The quantitative estimate of drug-likeness (QED) is 0.775. The van der Waals surface area contributed by atoms with E-state index in [1.165, 1.54) is 12.8 Å². The molecule has 0 bridgehead atoms. The predicted molar refractivity (Wildman–Crippen MR) is 64.5 cm³/mol. The molecule has 2 fully saturated rings. The van der Waals surface area contributed by atoms with Crippen LogP contribution in [0, 0.1) is 5.41 Å². The van der Waals surface area contributed by atoms with Crippen molar-refractivity contribution in [2.24, 2.45) is 11.1 Å². The maximum Gasteiger partial charge on any atom is 0.249 e. The highest BCUT2D eigenvalue weighted by atomic mass is 35.5. The lowest BCUT2D eigenvalue weighted by Gasteiger charge is -2.14. The summed E-state index contributed by atoms with van der Waals surface area (Å²) in [5.74, 6) is 0.0408. The van der Waals surface area contributed by atoms with E-state index in [1.807, 2.05) is 0 Å². The van der Waals surface area contributed by atoms with Gasteiger partial charge in [-0.1, -0.05) is 6.92 Å². The third-order valence-electron chi connectivity index (χ3n) is 3.46. The first-order chi connectivity index (χ1) is 7.13.